The average Bonchev–Trinajstić information content (AvgIpc) is 3.61. The monoisotopic (exact) mass is 534 g/mol. The molecule has 7 nitrogen and oxygen atoms in total. The summed E-state index contributed by atoms with van der Waals surface area (Å²) in [6.45, 7) is 1.90. The van der Waals surface area contributed by atoms with Crippen molar-refractivity contribution in [3.8, 4) is 0 Å². The van der Waals surface area contributed by atoms with Gasteiger partial charge < -0.3 is 15.5 Å². The molecule has 0 bridgehead atoms. The third-order valence-corrected chi connectivity index (χ3v) is 8.71. The number of carbonyl (C=O) groups excluding carboxylic acids is 3. The summed E-state index contributed by atoms with van der Waals surface area (Å²) in [6.07, 6.45) is 3.38. The van der Waals surface area contributed by atoms with Crippen molar-refractivity contribution in [2.75, 3.05) is 5.32 Å². The lowest BCUT2D eigenvalue weighted by atomic mass is 9.75. The minimum atomic E-state index is -4.18. The summed E-state index contributed by atoms with van der Waals surface area (Å²) in [4.78, 5) is 38.9. The summed E-state index contributed by atoms with van der Waals surface area (Å²) in [5.74, 6) is -0.184. The molecule has 3 amide bonds. The van der Waals surface area contributed by atoms with E-state index < -0.39 is 30.6 Å². The highest BCUT2D eigenvalue weighted by Crippen LogP contribution is 2.43. The molecule has 4 aliphatic rings. The van der Waals surface area contributed by atoms with E-state index in [4.69, 9.17) is 0 Å². The zero-order chi connectivity index (χ0) is 27.1. The molecule has 0 aromatic heterocycles. The van der Waals surface area contributed by atoms with Gasteiger partial charge in [-0.25, -0.2) is 0 Å². The smallest absolute Gasteiger partial charge is 0.379 e. The van der Waals surface area contributed by atoms with Crippen LogP contribution in [0.5, 0.6) is 0 Å². The summed E-state index contributed by atoms with van der Waals surface area (Å²) < 4.78 is 38.4. The molecule has 3 N–H and O–H groups in total. The summed E-state index contributed by atoms with van der Waals surface area (Å²) in [5.41, 5.74) is 2.15. The Morgan fingerprint density at radius 2 is 1.84 bits per heavy atom. The van der Waals surface area contributed by atoms with E-state index >= 15 is 0 Å². The summed E-state index contributed by atoms with van der Waals surface area (Å²) in [7, 11) is 0. The van der Waals surface area contributed by atoms with Gasteiger partial charge in [0.05, 0.1) is 6.42 Å². The number of anilines is 1. The highest BCUT2D eigenvalue weighted by molar-refractivity contribution is 6.06. The normalized spacial score (nSPS) is 28.7. The number of piperidine rings is 1. The number of nitrogens with zero attached hydrogens (tertiary/aromatic N) is 1. The van der Waals surface area contributed by atoms with Crippen molar-refractivity contribution in [1.82, 2.24) is 15.5 Å². The first-order valence-electron chi connectivity index (χ1n) is 13.9. The molecule has 3 fully saturated rings. The van der Waals surface area contributed by atoms with Gasteiger partial charge in [0.1, 0.15) is 6.04 Å². The van der Waals surface area contributed by atoms with Gasteiger partial charge in [-0.05, 0) is 69.9 Å². The summed E-state index contributed by atoms with van der Waals surface area (Å²) in [6, 6.07) is 4.39. The molecule has 1 aromatic rings. The SMILES string of the molecule is C[C@H](CC(F)(F)F)NC1CCC(CCC2CC2)(Nc2cccc3c2CN([C@@H]2CCC(=O)NC2=O)C3=O)CC1. The topological polar surface area (TPSA) is 90.5 Å². The maximum Gasteiger partial charge on any atom is 0.390 e. The Labute approximate surface area is 221 Å². The van der Waals surface area contributed by atoms with Gasteiger partial charge >= 0.3 is 6.18 Å². The van der Waals surface area contributed by atoms with Crippen molar-refractivity contribution < 1.29 is 27.6 Å². The van der Waals surface area contributed by atoms with Crippen LogP contribution >= 0.6 is 0 Å². The van der Waals surface area contributed by atoms with E-state index in [-0.39, 0.29) is 29.8 Å². The minimum Gasteiger partial charge on any atom is -0.379 e. The molecule has 2 heterocycles. The molecule has 2 saturated carbocycles. The predicted octanol–water partition coefficient (Wildman–Crippen LogP) is 4.66. The van der Waals surface area contributed by atoms with E-state index in [2.05, 4.69) is 16.0 Å². The average molecular weight is 535 g/mol. The van der Waals surface area contributed by atoms with Crippen molar-refractivity contribution in [3.63, 3.8) is 0 Å². The molecular weight excluding hydrogens is 497 g/mol. The molecule has 2 aliphatic carbocycles. The fourth-order valence-corrected chi connectivity index (χ4v) is 6.46. The molecule has 10 heteroatoms. The first-order valence-corrected chi connectivity index (χ1v) is 13.9. The van der Waals surface area contributed by atoms with Crippen LogP contribution in [-0.2, 0) is 16.1 Å². The Hall–Kier alpha value is -2.62. The van der Waals surface area contributed by atoms with Gasteiger partial charge in [-0.3, -0.25) is 19.7 Å². The highest BCUT2D eigenvalue weighted by Gasteiger charge is 2.42. The summed E-state index contributed by atoms with van der Waals surface area (Å²) >= 11 is 0. The summed E-state index contributed by atoms with van der Waals surface area (Å²) in [5, 5.41) is 9.35. The maximum absolute atomic E-state index is 13.3. The third-order valence-electron chi connectivity index (χ3n) is 8.71. The number of hydrogen-bond acceptors (Lipinski definition) is 5. The fraction of sp³-hybridized carbons (Fsp3) is 0.679. The minimum absolute atomic E-state index is 0.0503. The van der Waals surface area contributed by atoms with E-state index in [0.717, 1.165) is 55.7 Å². The van der Waals surface area contributed by atoms with Crippen LogP contribution in [0.4, 0.5) is 18.9 Å². The Balaban J connectivity index is 1.29. The van der Waals surface area contributed by atoms with Crippen LogP contribution in [0.2, 0.25) is 0 Å². The molecule has 1 saturated heterocycles. The van der Waals surface area contributed by atoms with Crippen LogP contribution in [-0.4, -0.2) is 52.5 Å². The second kappa shape index (κ2) is 10.5. The number of alkyl halides is 3. The Kier molecular flexibility index (Phi) is 7.46. The zero-order valence-corrected chi connectivity index (χ0v) is 21.8. The molecule has 5 rings (SSSR count). The highest BCUT2D eigenvalue weighted by atomic mass is 19.4. The molecular formula is C28H37F3N4O3. The van der Waals surface area contributed by atoms with Crippen molar-refractivity contribution >= 4 is 23.4 Å². The number of imide groups is 1. The first-order chi connectivity index (χ1) is 18.0. The number of carbonyl (C=O) groups is 3. The number of fused-ring (bicyclic) bond motifs is 1. The fourth-order valence-electron chi connectivity index (χ4n) is 6.46. The molecule has 2 atom stereocenters. The van der Waals surface area contributed by atoms with E-state index in [1.807, 2.05) is 12.1 Å². The van der Waals surface area contributed by atoms with E-state index in [0.29, 0.717) is 18.5 Å². The van der Waals surface area contributed by atoms with E-state index in [9.17, 15) is 27.6 Å². The Morgan fingerprint density at radius 3 is 2.50 bits per heavy atom. The van der Waals surface area contributed by atoms with Gasteiger partial charge in [0.2, 0.25) is 11.8 Å². The predicted molar refractivity (Wildman–Crippen MR) is 136 cm³/mol. The molecule has 0 unspecified atom stereocenters. The number of rotatable bonds is 9. The van der Waals surface area contributed by atoms with E-state index in [1.165, 1.54) is 12.8 Å². The van der Waals surface area contributed by atoms with Crippen molar-refractivity contribution in [1.29, 1.82) is 0 Å². The molecule has 1 aromatic carbocycles. The third kappa shape index (κ3) is 6.16. The Bertz CT molecular complexity index is 1080. The van der Waals surface area contributed by atoms with Crippen molar-refractivity contribution in [2.45, 2.75) is 114 Å². The van der Waals surface area contributed by atoms with Crippen LogP contribution in [0.15, 0.2) is 18.2 Å². The number of amides is 3. The number of hydrogen-bond donors (Lipinski definition) is 3. The lowest BCUT2D eigenvalue weighted by Gasteiger charge is -2.43. The van der Waals surface area contributed by atoms with Gasteiger partial charge in [0, 0.05) is 47.4 Å². The van der Waals surface area contributed by atoms with E-state index in [1.54, 1.807) is 17.9 Å². The maximum atomic E-state index is 13.3. The second-order valence-electron chi connectivity index (χ2n) is 11.8. The van der Waals surface area contributed by atoms with Crippen LogP contribution in [0, 0.1) is 5.92 Å². The molecule has 0 spiro atoms. The zero-order valence-electron chi connectivity index (χ0n) is 21.8. The van der Waals surface area contributed by atoms with Gasteiger partial charge in [0.15, 0.2) is 0 Å². The number of halogens is 3. The van der Waals surface area contributed by atoms with Crippen molar-refractivity contribution in [2.24, 2.45) is 5.92 Å². The number of nitrogens with one attached hydrogen (secondary N) is 3. The van der Waals surface area contributed by atoms with Gasteiger partial charge in [-0.2, -0.15) is 13.2 Å². The second-order valence-corrected chi connectivity index (χ2v) is 11.8. The molecule has 38 heavy (non-hydrogen) atoms. The Morgan fingerprint density at radius 1 is 1.11 bits per heavy atom. The van der Waals surface area contributed by atoms with Crippen LogP contribution in [0.25, 0.3) is 0 Å². The lowest BCUT2D eigenvalue weighted by Crippen LogP contribution is -2.52. The number of benzene rings is 1. The first kappa shape index (κ1) is 27.0. The van der Waals surface area contributed by atoms with Gasteiger partial charge in [-0.15, -0.1) is 0 Å². The van der Waals surface area contributed by atoms with Gasteiger partial charge in [-0.1, -0.05) is 18.9 Å². The van der Waals surface area contributed by atoms with Crippen LogP contribution in [0.1, 0.15) is 93.5 Å². The van der Waals surface area contributed by atoms with Gasteiger partial charge in [0.25, 0.3) is 5.91 Å². The molecule has 208 valence electrons. The molecule has 2 aliphatic heterocycles. The van der Waals surface area contributed by atoms with Crippen LogP contribution < -0.4 is 16.0 Å². The molecule has 0 radical (unpaired) electrons. The standard InChI is InChI=1S/C28H37F3N4O3/c1-17(15-28(29,30)31)32-19-10-13-27(14-11-19,12-9-18-5-6-18)34-22-4-2-3-20-21(22)16-35(26(20)38)23-7-8-24(36)33-25(23)37/h2-4,17-19,23,32,34H,5-16H2,1H3,(H,33,36,37)/t17-,19?,23-,27?/m1/s1. The quantitative estimate of drug-likeness (QED) is 0.401. The van der Waals surface area contributed by atoms with Crippen LogP contribution in [0.3, 0.4) is 0 Å². The van der Waals surface area contributed by atoms with Crippen molar-refractivity contribution in [3.05, 3.63) is 29.3 Å². The largest absolute Gasteiger partial charge is 0.390 e. The lowest BCUT2D eigenvalue weighted by molar-refractivity contribution is -0.140.